The van der Waals surface area contributed by atoms with Crippen LogP contribution in [0, 0.1) is 10.1 Å². The summed E-state index contributed by atoms with van der Waals surface area (Å²) < 4.78 is 0. The lowest BCUT2D eigenvalue weighted by Crippen LogP contribution is -2.29. The fourth-order valence-electron chi connectivity index (χ4n) is 2.74. The van der Waals surface area contributed by atoms with E-state index in [0.717, 1.165) is 32.4 Å². The predicted molar refractivity (Wildman–Crippen MR) is 96.5 cm³/mol. The zero-order valence-corrected chi connectivity index (χ0v) is 14.3. The van der Waals surface area contributed by atoms with Crippen LogP contribution < -0.4 is 4.90 Å². The maximum absolute atomic E-state index is 11.7. The number of rotatable bonds is 5. The molecule has 0 aliphatic carbocycles. The predicted octanol–water partition coefficient (Wildman–Crippen LogP) is 3.84. The van der Waals surface area contributed by atoms with E-state index >= 15 is 0 Å². The Bertz CT molecular complexity index is 783. The van der Waals surface area contributed by atoms with Crippen molar-refractivity contribution in [2.24, 2.45) is 5.16 Å². The van der Waals surface area contributed by atoms with Crippen molar-refractivity contribution >= 4 is 34.9 Å². The molecule has 0 spiro atoms. The number of nitro benzene ring substituents is 1. The Morgan fingerprint density at radius 1 is 1.28 bits per heavy atom. The second-order valence-electron chi connectivity index (χ2n) is 5.64. The maximum atomic E-state index is 11.7. The molecule has 1 aliphatic rings. The van der Waals surface area contributed by atoms with Gasteiger partial charge < -0.3 is 9.74 Å². The third kappa shape index (κ3) is 4.21. The molecule has 0 radical (unpaired) electrons. The van der Waals surface area contributed by atoms with E-state index in [2.05, 4.69) is 5.16 Å². The number of carbonyl (C=O) groups excluding carboxylic acids is 1. The van der Waals surface area contributed by atoms with Gasteiger partial charge in [0.25, 0.3) is 5.69 Å². The lowest BCUT2D eigenvalue weighted by molar-refractivity contribution is -0.384. The minimum atomic E-state index is -0.550. The fraction of sp³-hybridized carbons (Fsp3) is 0.294. The van der Waals surface area contributed by atoms with Crippen LogP contribution in [0.15, 0.2) is 40.9 Å². The van der Waals surface area contributed by atoms with Crippen molar-refractivity contribution in [1.29, 1.82) is 0 Å². The summed E-state index contributed by atoms with van der Waals surface area (Å²) in [7, 11) is 0. The van der Waals surface area contributed by atoms with Crippen molar-refractivity contribution in [3.8, 4) is 0 Å². The number of anilines is 1. The van der Waals surface area contributed by atoms with Gasteiger partial charge >= 0.3 is 5.97 Å². The molecule has 8 heteroatoms. The summed E-state index contributed by atoms with van der Waals surface area (Å²) in [5.74, 6) is -0.550. The number of piperidine rings is 1. The van der Waals surface area contributed by atoms with Crippen molar-refractivity contribution in [2.45, 2.75) is 19.3 Å². The first-order valence-electron chi connectivity index (χ1n) is 7.97. The Labute approximate surface area is 148 Å². The average molecular weight is 359 g/mol. The van der Waals surface area contributed by atoms with Crippen LogP contribution in [-0.4, -0.2) is 30.2 Å². The van der Waals surface area contributed by atoms with Crippen LogP contribution in [0.3, 0.4) is 0 Å². The second kappa shape index (κ2) is 7.89. The number of oxime groups is 1. The molecule has 130 valence electrons. The topological polar surface area (TPSA) is 85.0 Å². The molecule has 1 aromatic heterocycles. The Morgan fingerprint density at radius 3 is 2.76 bits per heavy atom. The number of carbonyl (C=O) groups is 1. The molecule has 0 N–H and O–H groups in total. The standard InChI is InChI=1S/C17H17N3O4S/c21-17(16-5-4-10-25-16)24-18-12-13-6-7-14(15(11-13)20(22)23)19-8-2-1-3-9-19/h4-7,10-12H,1-3,8-9H2/b18-12-. The normalized spacial score (nSPS) is 14.6. The molecular weight excluding hydrogens is 342 g/mol. The largest absolute Gasteiger partial charge is 0.375 e. The van der Waals surface area contributed by atoms with Crippen LogP contribution in [-0.2, 0) is 4.84 Å². The van der Waals surface area contributed by atoms with Crippen LogP contribution in [0.1, 0.15) is 34.5 Å². The van der Waals surface area contributed by atoms with Gasteiger partial charge in [0, 0.05) is 24.7 Å². The summed E-state index contributed by atoms with van der Waals surface area (Å²) in [6.45, 7) is 1.65. The van der Waals surface area contributed by atoms with E-state index in [0.29, 0.717) is 16.1 Å². The summed E-state index contributed by atoms with van der Waals surface area (Å²) in [4.78, 5) is 30.0. The molecular formula is C17H17N3O4S. The first-order chi connectivity index (χ1) is 12.1. The highest BCUT2D eigenvalue weighted by atomic mass is 32.1. The van der Waals surface area contributed by atoms with Gasteiger partial charge in [-0.3, -0.25) is 10.1 Å². The van der Waals surface area contributed by atoms with E-state index in [1.165, 1.54) is 23.6 Å². The van der Waals surface area contributed by atoms with Crippen LogP contribution in [0.2, 0.25) is 0 Å². The van der Waals surface area contributed by atoms with Crippen molar-refractivity contribution in [1.82, 2.24) is 0 Å². The van der Waals surface area contributed by atoms with Crippen LogP contribution in [0.4, 0.5) is 11.4 Å². The van der Waals surface area contributed by atoms with Crippen molar-refractivity contribution < 1.29 is 14.6 Å². The highest BCUT2D eigenvalue weighted by molar-refractivity contribution is 7.11. The molecule has 2 aromatic rings. The Balaban J connectivity index is 1.73. The van der Waals surface area contributed by atoms with Gasteiger partial charge in [0.1, 0.15) is 10.6 Å². The summed E-state index contributed by atoms with van der Waals surface area (Å²) in [6, 6.07) is 8.30. The first kappa shape index (κ1) is 17.1. The zero-order valence-electron chi connectivity index (χ0n) is 13.5. The lowest BCUT2D eigenvalue weighted by Gasteiger charge is -2.28. The molecule has 1 fully saturated rings. The van der Waals surface area contributed by atoms with Crippen molar-refractivity contribution in [2.75, 3.05) is 18.0 Å². The fourth-order valence-corrected chi connectivity index (χ4v) is 3.34. The van der Waals surface area contributed by atoms with Crippen LogP contribution in [0.5, 0.6) is 0 Å². The van der Waals surface area contributed by atoms with Crippen LogP contribution in [0.25, 0.3) is 0 Å². The second-order valence-corrected chi connectivity index (χ2v) is 6.59. The van der Waals surface area contributed by atoms with Gasteiger partial charge in [0.05, 0.1) is 11.1 Å². The van der Waals surface area contributed by atoms with E-state index in [-0.39, 0.29) is 10.6 Å². The van der Waals surface area contributed by atoms with Gasteiger partial charge in [-0.25, -0.2) is 4.79 Å². The Hall–Kier alpha value is -2.74. The highest BCUT2D eigenvalue weighted by Gasteiger charge is 2.21. The molecule has 25 heavy (non-hydrogen) atoms. The van der Waals surface area contributed by atoms with Crippen LogP contribution >= 0.6 is 11.3 Å². The zero-order chi connectivity index (χ0) is 17.6. The van der Waals surface area contributed by atoms with E-state index in [9.17, 15) is 14.9 Å². The number of benzene rings is 1. The van der Waals surface area contributed by atoms with Gasteiger partial charge in [-0.15, -0.1) is 11.3 Å². The number of hydrogen-bond donors (Lipinski definition) is 0. The molecule has 0 saturated carbocycles. The highest BCUT2D eigenvalue weighted by Crippen LogP contribution is 2.30. The maximum Gasteiger partial charge on any atom is 0.375 e. The van der Waals surface area contributed by atoms with Crippen molar-refractivity contribution in [3.05, 3.63) is 56.3 Å². The molecule has 2 heterocycles. The van der Waals surface area contributed by atoms with E-state index in [4.69, 9.17) is 4.84 Å². The molecule has 0 bridgehead atoms. The SMILES string of the molecule is O=C(O/N=C\c1ccc(N2CCCCC2)c([N+](=O)[O-])c1)c1cccs1. The van der Waals surface area contributed by atoms with Crippen molar-refractivity contribution in [3.63, 3.8) is 0 Å². The summed E-state index contributed by atoms with van der Waals surface area (Å²) in [6.07, 6.45) is 4.54. The Kier molecular flexibility index (Phi) is 5.39. The average Bonchev–Trinajstić information content (AvgIpc) is 3.17. The number of nitro groups is 1. The third-order valence-corrected chi connectivity index (χ3v) is 4.80. The summed E-state index contributed by atoms with van der Waals surface area (Å²) in [5, 5.41) is 16.8. The quantitative estimate of drug-likeness (QED) is 0.350. The Morgan fingerprint density at radius 2 is 2.08 bits per heavy atom. The number of nitrogens with zero attached hydrogens (tertiary/aromatic N) is 3. The van der Waals surface area contributed by atoms with E-state index in [1.807, 2.05) is 4.90 Å². The summed E-state index contributed by atoms with van der Waals surface area (Å²) in [5.41, 5.74) is 1.17. The smallest absolute Gasteiger partial charge is 0.366 e. The molecule has 0 unspecified atom stereocenters. The first-order valence-corrected chi connectivity index (χ1v) is 8.85. The molecule has 1 aromatic carbocycles. The summed E-state index contributed by atoms with van der Waals surface area (Å²) >= 11 is 1.26. The van der Waals surface area contributed by atoms with Gasteiger partial charge in [-0.1, -0.05) is 17.3 Å². The minimum absolute atomic E-state index is 0.0374. The molecule has 1 saturated heterocycles. The monoisotopic (exact) mass is 359 g/mol. The molecule has 0 amide bonds. The third-order valence-electron chi connectivity index (χ3n) is 3.95. The number of hydrogen-bond acceptors (Lipinski definition) is 7. The molecule has 1 aliphatic heterocycles. The van der Waals surface area contributed by atoms with Gasteiger partial charge in [0.2, 0.25) is 0 Å². The van der Waals surface area contributed by atoms with E-state index < -0.39 is 5.97 Å². The van der Waals surface area contributed by atoms with E-state index in [1.54, 1.807) is 29.6 Å². The lowest BCUT2D eigenvalue weighted by atomic mass is 10.1. The molecule has 0 atom stereocenters. The van der Waals surface area contributed by atoms with Gasteiger partial charge in [0.15, 0.2) is 0 Å². The van der Waals surface area contributed by atoms with Gasteiger partial charge in [-0.05, 0) is 36.8 Å². The number of thiophene rings is 1. The van der Waals surface area contributed by atoms with Gasteiger partial charge in [-0.2, -0.15) is 0 Å². The molecule has 7 nitrogen and oxygen atoms in total. The molecule has 3 rings (SSSR count). The minimum Gasteiger partial charge on any atom is -0.366 e.